The SMILES string of the molecule is CC(C)C1CCCN1C(=O)c1ccc(N)cn1.Cl. The summed E-state index contributed by atoms with van der Waals surface area (Å²) in [5.74, 6) is 0.524. The molecule has 1 aliphatic heterocycles. The van der Waals surface area contributed by atoms with Crippen molar-refractivity contribution in [3.63, 3.8) is 0 Å². The number of carbonyl (C=O) groups excluding carboxylic acids is 1. The summed E-state index contributed by atoms with van der Waals surface area (Å²) in [6.45, 7) is 5.16. The summed E-state index contributed by atoms with van der Waals surface area (Å²) >= 11 is 0. The van der Waals surface area contributed by atoms with Crippen LogP contribution in [-0.2, 0) is 0 Å². The highest BCUT2D eigenvalue weighted by atomic mass is 35.5. The van der Waals surface area contributed by atoms with E-state index in [1.54, 1.807) is 12.1 Å². The standard InChI is InChI=1S/C13H19N3O.ClH/c1-9(2)12-4-3-7-16(12)13(17)11-6-5-10(14)8-15-11;/h5-6,8-9,12H,3-4,7,14H2,1-2H3;1H. The number of nitrogen functional groups attached to an aromatic ring is 1. The van der Waals surface area contributed by atoms with Gasteiger partial charge in [0.05, 0.1) is 11.9 Å². The summed E-state index contributed by atoms with van der Waals surface area (Å²) in [4.78, 5) is 18.3. The van der Waals surface area contributed by atoms with Crippen LogP contribution in [0.3, 0.4) is 0 Å². The number of amides is 1. The van der Waals surface area contributed by atoms with Gasteiger partial charge in [-0.25, -0.2) is 4.98 Å². The van der Waals surface area contributed by atoms with Gasteiger partial charge in [-0.2, -0.15) is 0 Å². The molecule has 1 atom stereocenters. The van der Waals surface area contributed by atoms with E-state index in [0.717, 1.165) is 19.4 Å². The molecule has 1 saturated heterocycles. The minimum Gasteiger partial charge on any atom is -0.397 e. The molecule has 1 fully saturated rings. The summed E-state index contributed by atoms with van der Waals surface area (Å²) in [5.41, 5.74) is 6.65. The third-order valence-electron chi connectivity index (χ3n) is 3.34. The monoisotopic (exact) mass is 269 g/mol. The van der Waals surface area contributed by atoms with Gasteiger partial charge in [0.25, 0.3) is 5.91 Å². The number of carbonyl (C=O) groups is 1. The lowest BCUT2D eigenvalue weighted by Gasteiger charge is -2.27. The molecule has 0 bridgehead atoms. The summed E-state index contributed by atoms with van der Waals surface area (Å²) in [6, 6.07) is 3.77. The fourth-order valence-electron chi connectivity index (χ4n) is 2.42. The van der Waals surface area contributed by atoms with Crippen molar-refractivity contribution in [2.45, 2.75) is 32.7 Å². The Morgan fingerprint density at radius 3 is 2.78 bits per heavy atom. The van der Waals surface area contributed by atoms with E-state index in [-0.39, 0.29) is 18.3 Å². The zero-order valence-electron chi connectivity index (χ0n) is 10.8. The first-order chi connectivity index (χ1) is 8.09. The average Bonchev–Trinajstić information content (AvgIpc) is 2.78. The van der Waals surface area contributed by atoms with E-state index in [1.165, 1.54) is 6.20 Å². The summed E-state index contributed by atoms with van der Waals surface area (Å²) in [6.07, 6.45) is 3.72. The van der Waals surface area contributed by atoms with Gasteiger partial charge in [0, 0.05) is 12.6 Å². The Kier molecular flexibility index (Phi) is 4.96. The molecule has 1 unspecified atom stereocenters. The number of anilines is 1. The maximum atomic E-state index is 12.3. The van der Waals surface area contributed by atoms with Gasteiger partial charge in [-0.05, 0) is 30.9 Å². The largest absolute Gasteiger partial charge is 0.397 e. The quantitative estimate of drug-likeness (QED) is 0.897. The van der Waals surface area contributed by atoms with Gasteiger partial charge in [0.2, 0.25) is 0 Å². The molecule has 2 N–H and O–H groups in total. The average molecular weight is 270 g/mol. The van der Waals surface area contributed by atoms with E-state index >= 15 is 0 Å². The molecule has 2 heterocycles. The Labute approximate surface area is 114 Å². The van der Waals surface area contributed by atoms with Crippen LogP contribution in [0.25, 0.3) is 0 Å². The zero-order chi connectivity index (χ0) is 12.4. The molecular formula is C13H20ClN3O. The molecule has 0 spiro atoms. The number of hydrogen-bond acceptors (Lipinski definition) is 3. The Bertz CT molecular complexity index is 405. The van der Waals surface area contributed by atoms with Crippen molar-refractivity contribution in [1.82, 2.24) is 9.88 Å². The third-order valence-corrected chi connectivity index (χ3v) is 3.34. The van der Waals surface area contributed by atoms with Crippen LogP contribution in [0.15, 0.2) is 18.3 Å². The van der Waals surface area contributed by atoms with Gasteiger partial charge in [-0.3, -0.25) is 4.79 Å². The first-order valence-electron chi connectivity index (χ1n) is 6.12. The Morgan fingerprint density at radius 1 is 1.50 bits per heavy atom. The second kappa shape index (κ2) is 6.05. The fraction of sp³-hybridized carbons (Fsp3) is 0.538. The minimum atomic E-state index is 0. The molecule has 1 amide bonds. The Balaban J connectivity index is 0.00000162. The van der Waals surface area contributed by atoms with Crippen molar-refractivity contribution >= 4 is 24.0 Å². The zero-order valence-corrected chi connectivity index (χ0v) is 11.6. The van der Waals surface area contributed by atoms with Crippen molar-refractivity contribution in [2.75, 3.05) is 12.3 Å². The highest BCUT2D eigenvalue weighted by Crippen LogP contribution is 2.25. The normalized spacial score (nSPS) is 18.8. The van der Waals surface area contributed by atoms with Crippen molar-refractivity contribution in [3.8, 4) is 0 Å². The van der Waals surface area contributed by atoms with E-state index in [4.69, 9.17) is 5.73 Å². The third kappa shape index (κ3) is 2.93. The van der Waals surface area contributed by atoms with Crippen LogP contribution >= 0.6 is 12.4 Å². The molecule has 5 heteroatoms. The van der Waals surface area contributed by atoms with E-state index in [0.29, 0.717) is 23.3 Å². The maximum Gasteiger partial charge on any atom is 0.272 e. The maximum absolute atomic E-state index is 12.3. The van der Waals surface area contributed by atoms with Gasteiger partial charge < -0.3 is 10.6 Å². The molecular weight excluding hydrogens is 250 g/mol. The molecule has 0 saturated carbocycles. The molecule has 4 nitrogen and oxygen atoms in total. The second-order valence-corrected chi connectivity index (χ2v) is 4.93. The second-order valence-electron chi connectivity index (χ2n) is 4.93. The summed E-state index contributed by atoms with van der Waals surface area (Å²) in [7, 11) is 0. The molecule has 1 aliphatic rings. The van der Waals surface area contributed by atoms with E-state index in [1.807, 2.05) is 4.90 Å². The van der Waals surface area contributed by atoms with E-state index < -0.39 is 0 Å². The van der Waals surface area contributed by atoms with Gasteiger partial charge >= 0.3 is 0 Å². The molecule has 18 heavy (non-hydrogen) atoms. The highest BCUT2D eigenvalue weighted by Gasteiger charge is 2.31. The predicted octanol–water partition coefficient (Wildman–Crippen LogP) is 2.35. The van der Waals surface area contributed by atoms with Crippen LogP contribution in [0.1, 0.15) is 37.2 Å². The number of pyridine rings is 1. The van der Waals surface area contributed by atoms with Crippen LogP contribution in [0.4, 0.5) is 5.69 Å². The van der Waals surface area contributed by atoms with E-state index in [2.05, 4.69) is 18.8 Å². The van der Waals surface area contributed by atoms with Crippen LogP contribution in [0, 0.1) is 5.92 Å². The van der Waals surface area contributed by atoms with Crippen LogP contribution < -0.4 is 5.73 Å². The van der Waals surface area contributed by atoms with Crippen LogP contribution in [-0.4, -0.2) is 28.4 Å². The van der Waals surface area contributed by atoms with Crippen molar-refractivity contribution < 1.29 is 4.79 Å². The molecule has 100 valence electrons. The first kappa shape index (κ1) is 14.8. The molecule has 0 aromatic carbocycles. The van der Waals surface area contributed by atoms with Crippen LogP contribution in [0.5, 0.6) is 0 Å². The van der Waals surface area contributed by atoms with Crippen molar-refractivity contribution in [2.24, 2.45) is 5.92 Å². The Morgan fingerprint density at radius 2 is 2.22 bits per heavy atom. The van der Waals surface area contributed by atoms with Crippen molar-refractivity contribution in [1.29, 1.82) is 0 Å². The summed E-state index contributed by atoms with van der Waals surface area (Å²) in [5, 5.41) is 0. The van der Waals surface area contributed by atoms with E-state index in [9.17, 15) is 4.79 Å². The number of likely N-dealkylation sites (tertiary alicyclic amines) is 1. The van der Waals surface area contributed by atoms with Gasteiger partial charge in [0.1, 0.15) is 5.69 Å². The van der Waals surface area contributed by atoms with Crippen LogP contribution in [0.2, 0.25) is 0 Å². The first-order valence-corrected chi connectivity index (χ1v) is 6.12. The highest BCUT2D eigenvalue weighted by molar-refractivity contribution is 5.92. The lowest BCUT2D eigenvalue weighted by atomic mass is 10.0. The summed E-state index contributed by atoms with van der Waals surface area (Å²) < 4.78 is 0. The molecule has 1 aromatic rings. The fourth-order valence-corrected chi connectivity index (χ4v) is 2.42. The molecule has 2 rings (SSSR count). The van der Waals surface area contributed by atoms with Gasteiger partial charge in [-0.15, -0.1) is 12.4 Å². The number of halogens is 1. The lowest BCUT2D eigenvalue weighted by Crippen LogP contribution is -2.38. The number of aromatic nitrogens is 1. The number of nitrogens with zero attached hydrogens (tertiary/aromatic N) is 2. The Hall–Kier alpha value is -1.29. The molecule has 1 aromatic heterocycles. The van der Waals surface area contributed by atoms with Gasteiger partial charge in [0.15, 0.2) is 0 Å². The predicted molar refractivity (Wildman–Crippen MR) is 74.8 cm³/mol. The van der Waals surface area contributed by atoms with Crippen molar-refractivity contribution in [3.05, 3.63) is 24.0 Å². The number of hydrogen-bond donors (Lipinski definition) is 1. The number of rotatable bonds is 2. The number of nitrogens with two attached hydrogens (primary N) is 1. The smallest absolute Gasteiger partial charge is 0.272 e. The van der Waals surface area contributed by atoms with Gasteiger partial charge in [-0.1, -0.05) is 13.8 Å². The molecule has 0 aliphatic carbocycles. The minimum absolute atomic E-state index is 0. The lowest BCUT2D eigenvalue weighted by molar-refractivity contribution is 0.0695. The molecule has 0 radical (unpaired) electrons. The topological polar surface area (TPSA) is 59.2 Å².